The molecule has 0 saturated carbocycles. The topological polar surface area (TPSA) is 78.9 Å². The lowest BCUT2D eigenvalue weighted by atomic mass is 10.0. The highest BCUT2D eigenvalue weighted by Gasteiger charge is 2.20. The highest BCUT2D eigenvalue weighted by molar-refractivity contribution is 5.71. The van der Waals surface area contributed by atoms with Crippen molar-refractivity contribution in [2.75, 3.05) is 13.2 Å². The van der Waals surface area contributed by atoms with Crippen LogP contribution in [0.15, 0.2) is 0 Å². The summed E-state index contributed by atoms with van der Waals surface area (Å²) in [6.07, 6.45) is 80.3. The van der Waals surface area contributed by atoms with Gasteiger partial charge in [0.15, 0.2) is 6.10 Å². The van der Waals surface area contributed by atoms with Crippen LogP contribution in [-0.2, 0) is 28.6 Å². The van der Waals surface area contributed by atoms with Crippen LogP contribution < -0.4 is 0 Å². The van der Waals surface area contributed by atoms with E-state index in [9.17, 15) is 14.4 Å². The van der Waals surface area contributed by atoms with Gasteiger partial charge in [-0.2, -0.15) is 0 Å². The van der Waals surface area contributed by atoms with Crippen molar-refractivity contribution >= 4 is 17.9 Å². The fraction of sp³-hybridized carbons (Fsp3) is 0.958. The van der Waals surface area contributed by atoms with Gasteiger partial charge in [0.25, 0.3) is 0 Å². The summed E-state index contributed by atoms with van der Waals surface area (Å²) >= 11 is 0. The third kappa shape index (κ3) is 65.2. The minimum Gasteiger partial charge on any atom is -0.462 e. The van der Waals surface area contributed by atoms with Crippen molar-refractivity contribution in [3.63, 3.8) is 0 Å². The van der Waals surface area contributed by atoms with E-state index >= 15 is 0 Å². The zero-order chi connectivity index (χ0) is 56.4. The lowest BCUT2D eigenvalue weighted by Gasteiger charge is -2.18. The molecule has 0 radical (unpaired) electrons. The van der Waals surface area contributed by atoms with E-state index in [1.54, 1.807) is 0 Å². The van der Waals surface area contributed by atoms with Crippen molar-refractivity contribution in [1.29, 1.82) is 0 Å². The zero-order valence-electron chi connectivity index (χ0n) is 53.5. The van der Waals surface area contributed by atoms with E-state index in [-0.39, 0.29) is 31.1 Å². The molecule has 464 valence electrons. The standard InChI is InChI=1S/C72H140O6/c1-4-7-10-13-16-19-21-23-25-27-29-31-32-33-34-35-36-37-38-39-40-41-42-44-45-47-49-51-53-56-59-62-65-71(74)77-68-69(67-76-70(73)64-61-58-55-18-15-12-9-6-3)78-72(75)66-63-60-57-54-52-50-48-46-43-30-28-26-24-22-20-17-14-11-8-5-2/h69H,4-68H2,1-3H3. The molecule has 1 atom stereocenters. The third-order valence-electron chi connectivity index (χ3n) is 16.9. The molecule has 6 heteroatoms. The number of carbonyl (C=O) groups excluding carboxylic acids is 3. The molecule has 0 bridgehead atoms. The maximum absolute atomic E-state index is 12.9. The summed E-state index contributed by atoms with van der Waals surface area (Å²) < 4.78 is 16.9. The van der Waals surface area contributed by atoms with Gasteiger partial charge in [0.05, 0.1) is 0 Å². The van der Waals surface area contributed by atoms with Crippen LogP contribution in [0.2, 0.25) is 0 Å². The third-order valence-corrected chi connectivity index (χ3v) is 16.9. The van der Waals surface area contributed by atoms with Crippen LogP contribution in [0.4, 0.5) is 0 Å². The first kappa shape index (κ1) is 76.4. The molecule has 0 aliphatic heterocycles. The predicted molar refractivity (Wildman–Crippen MR) is 340 cm³/mol. The molecule has 0 aromatic rings. The van der Waals surface area contributed by atoms with Crippen LogP contribution in [0, 0.1) is 0 Å². The van der Waals surface area contributed by atoms with E-state index in [2.05, 4.69) is 20.8 Å². The first-order valence-electron chi connectivity index (χ1n) is 36.0. The summed E-state index contributed by atoms with van der Waals surface area (Å²) in [6, 6.07) is 0. The van der Waals surface area contributed by atoms with Gasteiger partial charge in [0.1, 0.15) is 13.2 Å². The molecule has 0 N–H and O–H groups in total. The molecule has 0 aliphatic carbocycles. The lowest BCUT2D eigenvalue weighted by molar-refractivity contribution is -0.167. The quantitative estimate of drug-likeness (QED) is 0.0343. The number of ether oxygens (including phenoxy) is 3. The Bertz CT molecular complexity index is 1170. The van der Waals surface area contributed by atoms with Crippen LogP contribution in [-0.4, -0.2) is 37.2 Å². The smallest absolute Gasteiger partial charge is 0.306 e. The number of hydrogen-bond donors (Lipinski definition) is 0. The Morgan fingerprint density at radius 2 is 0.346 bits per heavy atom. The summed E-state index contributed by atoms with van der Waals surface area (Å²) in [6.45, 7) is 6.71. The van der Waals surface area contributed by atoms with Crippen molar-refractivity contribution in [2.45, 2.75) is 431 Å². The highest BCUT2D eigenvalue weighted by Crippen LogP contribution is 2.20. The maximum atomic E-state index is 12.9. The number of esters is 3. The fourth-order valence-electron chi connectivity index (χ4n) is 11.5. The van der Waals surface area contributed by atoms with Gasteiger partial charge < -0.3 is 14.2 Å². The molecule has 0 aromatic carbocycles. The number of hydrogen-bond acceptors (Lipinski definition) is 6. The van der Waals surface area contributed by atoms with Crippen molar-refractivity contribution in [3.8, 4) is 0 Å². The Kier molecular flexibility index (Phi) is 66.5. The minimum atomic E-state index is -0.762. The first-order chi connectivity index (χ1) is 38.5. The van der Waals surface area contributed by atoms with E-state index in [1.165, 1.54) is 327 Å². The largest absolute Gasteiger partial charge is 0.462 e. The molecule has 0 heterocycles. The van der Waals surface area contributed by atoms with Gasteiger partial charge in [-0.15, -0.1) is 0 Å². The van der Waals surface area contributed by atoms with Crippen LogP contribution in [0.3, 0.4) is 0 Å². The predicted octanol–water partition coefficient (Wildman–Crippen LogP) is 24.6. The second-order valence-corrected chi connectivity index (χ2v) is 24.9. The number of rotatable bonds is 68. The molecular formula is C72H140O6. The van der Waals surface area contributed by atoms with E-state index in [1.807, 2.05) is 0 Å². The molecular weight excluding hydrogens is 961 g/mol. The van der Waals surface area contributed by atoms with Gasteiger partial charge >= 0.3 is 17.9 Å². The number of unbranched alkanes of at least 4 members (excludes halogenated alkanes) is 57. The Balaban J connectivity index is 3.97. The molecule has 0 aliphatic rings. The summed E-state index contributed by atoms with van der Waals surface area (Å²) in [5, 5.41) is 0. The first-order valence-corrected chi connectivity index (χ1v) is 36.0. The summed E-state index contributed by atoms with van der Waals surface area (Å²) in [7, 11) is 0. The second kappa shape index (κ2) is 67.9. The second-order valence-electron chi connectivity index (χ2n) is 24.9. The average molecular weight is 1100 g/mol. The molecule has 0 rings (SSSR count). The fourth-order valence-corrected chi connectivity index (χ4v) is 11.5. The van der Waals surface area contributed by atoms with Gasteiger partial charge in [-0.05, 0) is 19.3 Å². The number of carbonyl (C=O) groups is 3. The van der Waals surface area contributed by atoms with Gasteiger partial charge in [-0.3, -0.25) is 14.4 Å². The molecule has 78 heavy (non-hydrogen) atoms. The van der Waals surface area contributed by atoms with Crippen molar-refractivity contribution < 1.29 is 28.6 Å². The van der Waals surface area contributed by atoms with Gasteiger partial charge in [0, 0.05) is 19.3 Å². The monoisotopic (exact) mass is 1100 g/mol. The Morgan fingerprint density at radius 1 is 0.205 bits per heavy atom. The molecule has 0 aromatic heterocycles. The normalized spacial score (nSPS) is 11.9. The molecule has 0 amide bonds. The van der Waals surface area contributed by atoms with E-state index in [4.69, 9.17) is 14.2 Å². The summed E-state index contributed by atoms with van der Waals surface area (Å²) in [5.41, 5.74) is 0. The summed E-state index contributed by atoms with van der Waals surface area (Å²) in [4.78, 5) is 38.2. The van der Waals surface area contributed by atoms with Crippen LogP contribution in [0.25, 0.3) is 0 Å². The van der Waals surface area contributed by atoms with E-state index in [0.717, 1.165) is 57.8 Å². The lowest BCUT2D eigenvalue weighted by Crippen LogP contribution is -2.30. The van der Waals surface area contributed by atoms with Gasteiger partial charge in [-0.25, -0.2) is 0 Å². The van der Waals surface area contributed by atoms with Gasteiger partial charge in [-0.1, -0.05) is 387 Å². The van der Waals surface area contributed by atoms with Crippen LogP contribution in [0.1, 0.15) is 425 Å². The minimum absolute atomic E-state index is 0.0610. The molecule has 0 spiro atoms. The highest BCUT2D eigenvalue weighted by atomic mass is 16.6. The van der Waals surface area contributed by atoms with Gasteiger partial charge in [0.2, 0.25) is 0 Å². The van der Waals surface area contributed by atoms with Crippen molar-refractivity contribution in [2.24, 2.45) is 0 Å². The maximum Gasteiger partial charge on any atom is 0.306 e. The van der Waals surface area contributed by atoms with Crippen LogP contribution >= 0.6 is 0 Å². The SMILES string of the molecule is CCCCCCCCCCCCCCCCCCCCCCCCCCCCCCCCCCC(=O)OCC(COC(=O)CCCCCCCCCC)OC(=O)CCCCCCCCCCCCCCCCCCCCCC. The van der Waals surface area contributed by atoms with Crippen molar-refractivity contribution in [1.82, 2.24) is 0 Å². The Labute approximate surface area is 488 Å². The van der Waals surface area contributed by atoms with Crippen LogP contribution in [0.5, 0.6) is 0 Å². The molecule has 0 fully saturated rings. The molecule has 6 nitrogen and oxygen atoms in total. The zero-order valence-corrected chi connectivity index (χ0v) is 53.5. The molecule has 1 unspecified atom stereocenters. The average Bonchev–Trinajstić information content (AvgIpc) is 3.44. The molecule has 0 saturated heterocycles. The summed E-state index contributed by atoms with van der Waals surface area (Å²) in [5.74, 6) is -0.830. The van der Waals surface area contributed by atoms with E-state index < -0.39 is 6.10 Å². The van der Waals surface area contributed by atoms with E-state index in [0.29, 0.717) is 19.3 Å². The van der Waals surface area contributed by atoms with Crippen molar-refractivity contribution in [3.05, 3.63) is 0 Å². The Hall–Kier alpha value is -1.59. The Morgan fingerprint density at radius 3 is 0.513 bits per heavy atom.